The maximum Gasteiger partial charge on any atom is 0.271 e. The fraction of sp³-hybridized carbons (Fsp3) is 0. The lowest BCUT2D eigenvalue weighted by molar-refractivity contribution is -0.384. The first-order valence-electron chi connectivity index (χ1n) is 8.19. The second kappa shape index (κ2) is 7.20. The number of nitrogens with zero attached hydrogens (tertiary/aromatic N) is 4. The average molecular weight is 438 g/mol. The summed E-state index contributed by atoms with van der Waals surface area (Å²) in [6, 6.07) is 18.3. The third-order valence-corrected chi connectivity index (χ3v) is 4.72. The van der Waals surface area contributed by atoms with Crippen LogP contribution in [0.25, 0.3) is 16.7 Å². The molecule has 1 N–H and O–H groups in total. The summed E-state index contributed by atoms with van der Waals surface area (Å²) in [5.41, 5.74) is 2.67. The highest BCUT2D eigenvalue weighted by atomic mass is 79.9. The molecule has 0 saturated carbocycles. The molecule has 4 rings (SSSR count). The highest BCUT2D eigenvalue weighted by Gasteiger charge is 2.12. The molecule has 0 aliphatic heterocycles. The van der Waals surface area contributed by atoms with Gasteiger partial charge in [0.1, 0.15) is 11.0 Å². The Kier molecular flexibility index (Phi) is 4.58. The predicted molar refractivity (Wildman–Crippen MR) is 108 cm³/mol. The number of nitrogens with one attached hydrogen (secondary N) is 1. The Morgan fingerprint density at radius 2 is 1.79 bits per heavy atom. The van der Waals surface area contributed by atoms with Crippen LogP contribution in [0.5, 0.6) is 0 Å². The van der Waals surface area contributed by atoms with Crippen LogP contribution in [0, 0.1) is 10.1 Å². The number of rotatable bonds is 4. The maximum absolute atomic E-state index is 12.5. The number of anilines is 1. The van der Waals surface area contributed by atoms with E-state index in [9.17, 15) is 14.9 Å². The number of carbonyl (C=O) groups excluding carboxylic acids is 1. The van der Waals surface area contributed by atoms with Gasteiger partial charge in [-0.3, -0.25) is 14.9 Å². The zero-order valence-corrected chi connectivity index (χ0v) is 15.8. The molecule has 0 fully saturated rings. The third-order valence-electron chi connectivity index (χ3n) is 4.03. The minimum absolute atomic E-state index is 0.0414. The quantitative estimate of drug-likeness (QED) is 0.377. The molecule has 4 aromatic rings. The van der Waals surface area contributed by atoms with E-state index in [1.807, 2.05) is 6.07 Å². The molecule has 0 aliphatic carbocycles. The first kappa shape index (κ1) is 17.8. The molecule has 28 heavy (non-hydrogen) atoms. The molecule has 0 atom stereocenters. The molecule has 0 saturated heterocycles. The van der Waals surface area contributed by atoms with E-state index >= 15 is 0 Å². The predicted octanol–water partition coefficient (Wildman–Crippen LogP) is 4.34. The van der Waals surface area contributed by atoms with E-state index in [1.54, 1.807) is 48.5 Å². The lowest BCUT2D eigenvalue weighted by atomic mass is 10.2. The zero-order chi connectivity index (χ0) is 19.7. The Bertz CT molecular complexity index is 1220. The van der Waals surface area contributed by atoms with E-state index in [0.29, 0.717) is 32.4 Å². The summed E-state index contributed by atoms with van der Waals surface area (Å²) in [7, 11) is 0. The van der Waals surface area contributed by atoms with Crippen LogP contribution in [0.2, 0.25) is 0 Å². The van der Waals surface area contributed by atoms with E-state index < -0.39 is 4.92 Å². The second-order valence-corrected chi connectivity index (χ2v) is 6.76. The van der Waals surface area contributed by atoms with Crippen LogP contribution in [0.15, 0.2) is 71.2 Å². The molecule has 1 heterocycles. The van der Waals surface area contributed by atoms with Gasteiger partial charge in [0.2, 0.25) is 0 Å². The van der Waals surface area contributed by atoms with Crippen LogP contribution in [0.1, 0.15) is 10.4 Å². The van der Waals surface area contributed by atoms with Gasteiger partial charge < -0.3 is 5.32 Å². The van der Waals surface area contributed by atoms with Crippen molar-refractivity contribution >= 4 is 44.2 Å². The smallest absolute Gasteiger partial charge is 0.271 e. The lowest BCUT2D eigenvalue weighted by Gasteiger charge is -2.06. The number of halogens is 1. The number of aromatic nitrogens is 3. The topological polar surface area (TPSA) is 103 Å². The highest BCUT2D eigenvalue weighted by Crippen LogP contribution is 2.22. The molecule has 0 spiro atoms. The average Bonchev–Trinajstić information content (AvgIpc) is 3.12. The van der Waals surface area contributed by atoms with Gasteiger partial charge in [0, 0.05) is 22.3 Å². The summed E-state index contributed by atoms with van der Waals surface area (Å²) in [6.07, 6.45) is 0. The Labute approximate surface area is 167 Å². The molecule has 0 bridgehead atoms. The number of nitro benzene ring substituents is 1. The number of hydrogen-bond acceptors (Lipinski definition) is 5. The summed E-state index contributed by atoms with van der Waals surface area (Å²) in [5, 5.41) is 22.5. The number of hydrogen-bond donors (Lipinski definition) is 1. The fourth-order valence-corrected chi connectivity index (χ4v) is 3.15. The van der Waals surface area contributed by atoms with Gasteiger partial charge in [0.25, 0.3) is 11.6 Å². The van der Waals surface area contributed by atoms with E-state index in [-0.39, 0.29) is 11.6 Å². The SMILES string of the molecule is O=C(Nc1ccc2nn(-c3cccc([N+](=O)[O-])c3)nc2c1)c1ccccc1Br. The van der Waals surface area contributed by atoms with Gasteiger partial charge in [-0.15, -0.1) is 10.2 Å². The Morgan fingerprint density at radius 1 is 1.00 bits per heavy atom. The van der Waals surface area contributed by atoms with Crippen LogP contribution in [0.4, 0.5) is 11.4 Å². The number of non-ortho nitro benzene ring substituents is 1. The fourth-order valence-electron chi connectivity index (χ4n) is 2.68. The zero-order valence-electron chi connectivity index (χ0n) is 14.2. The maximum atomic E-state index is 12.5. The van der Waals surface area contributed by atoms with Crippen LogP contribution in [-0.4, -0.2) is 25.8 Å². The normalized spacial score (nSPS) is 10.8. The Hall–Kier alpha value is -3.59. The van der Waals surface area contributed by atoms with Crippen LogP contribution in [0.3, 0.4) is 0 Å². The minimum atomic E-state index is -0.470. The van der Waals surface area contributed by atoms with Gasteiger partial charge in [0.05, 0.1) is 16.2 Å². The van der Waals surface area contributed by atoms with Crippen LogP contribution >= 0.6 is 15.9 Å². The summed E-state index contributed by atoms with van der Waals surface area (Å²) in [5.74, 6) is -0.252. The first-order chi connectivity index (χ1) is 13.5. The van der Waals surface area contributed by atoms with Crippen molar-refractivity contribution in [3.05, 3.63) is 86.9 Å². The summed E-state index contributed by atoms with van der Waals surface area (Å²) >= 11 is 3.36. The Balaban J connectivity index is 1.64. The molecule has 138 valence electrons. The van der Waals surface area contributed by atoms with Gasteiger partial charge in [-0.05, 0) is 52.3 Å². The van der Waals surface area contributed by atoms with Gasteiger partial charge in [-0.2, -0.15) is 4.80 Å². The molecule has 0 radical (unpaired) electrons. The number of carbonyl (C=O) groups is 1. The van der Waals surface area contributed by atoms with Gasteiger partial charge in [-0.1, -0.05) is 18.2 Å². The van der Waals surface area contributed by atoms with Crippen molar-refractivity contribution in [2.24, 2.45) is 0 Å². The molecule has 0 aliphatic rings. The standard InChI is InChI=1S/C19H12BrN5O3/c20-16-7-2-1-6-15(16)19(26)21-12-8-9-17-18(10-12)23-24(22-17)13-4-3-5-14(11-13)25(27)28/h1-11H,(H,21,26). The molecule has 8 nitrogen and oxygen atoms in total. The monoisotopic (exact) mass is 437 g/mol. The molecular formula is C19H12BrN5O3. The number of benzene rings is 3. The van der Waals surface area contributed by atoms with Crippen molar-refractivity contribution in [1.82, 2.24) is 15.0 Å². The van der Waals surface area contributed by atoms with Crippen LogP contribution < -0.4 is 5.32 Å². The van der Waals surface area contributed by atoms with E-state index in [1.165, 1.54) is 16.9 Å². The minimum Gasteiger partial charge on any atom is -0.322 e. The number of amides is 1. The summed E-state index contributed by atoms with van der Waals surface area (Å²) < 4.78 is 0.699. The van der Waals surface area contributed by atoms with Crippen molar-refractivity contribution in [2.45, 2.75) is 0 Å². The van der Waals surface area contributed by atoms with Crippen molar-refractivity contribution in [3.63, 3.8) is 0 Å². The van der Waals surface area contributed by atoms with Gasteiger partial charge in [-0.25, -0.2) is 0 Å². The van der Waals surface area contributed by atoms with Crippen molar-refractivity contribution < 1.29 is 9.72 Å². The van der Waals surface area contributed by atoms with E-state index in [4.69, 9.17) is 0 Å². The van der Waals surface area contributed by atoms with Crippen molar-refractivity contribution in [3.8, 4) is 5.69 Å². The third kappa shape index (κ3) is 3.47. The van der Waals surface area contributed by atoms with Gasteiger partial charge >= 0.3 is 0 Å². The largest absolute Gasteiger partial charge is 0.322 e. The number of nitro groups is 1. The molecule has 1 aromatic heterocycles. The molecular weight excluding hydrogens is 426 g/mol. The summed E-state index contributed by atoms with van der Waals surface area (Å²) in [6.45, 7) is 0. The van der Waals surface area contributed by atoms with E-state index in [0.717, 1.165) is 0 Å². The molecule has 0 unspecified atom stereocenters. The molecule has 1 amide bonds. The van der Waals surface area contributed by atoms with Crippen molar-refractivity contribution in [1.29, 1.82) is 0 Å². The highest BCUT2D eigenvalue weighted by molar-refractivity contribution is 9.10. The molecule has 9 heteroatoms. The first-order valence-corrected chi connectivity index (χ1v) is 8.98. The van der Waals surface area contributed by atoms with Crippen LogP contribution in [-0.2, 0) is 0 Å². The van der Waals surface area contributed by atoms with E-state index in [2.05, 4.69) is 31.4 Å². The number of fused-ring (bicyclic) bond motifs is 1. The lowest BCUT2D eigenvalue weighted by Crippen LogP contribution is -2.12. The Morgan fingerprint density at radius 3 is 2.57 bits per heavy atom. The van der Waals surface area contributed by atoms with Crippen molar-refractivity contribution in [2.75, 3.05) is 5.32 Å². The summed E-state index contributed by atoms with van der Waals surface area (Å²) in [4.78, 5) is 24.3. The van der Waals surface area contributed by atoms with Gasteiger partial charge in [0.15, 0.2) is 0 Å². The molecule has 3 aromatic carbocycles. The second-order valence-electron chi connectivity index (χ2n) is 5.90.